The molecule has 0 saturated carbocycles. The Morgan fingerprint density at radius 1 is 1.38 bits per heavy atom. The van der Waals surface area contributed by atoms with Gasteiger partial charge >= 0.3 is 0 Å². The fourth-order valence-electron chi connectivity index (χ4n) is 1.88. The molecule has 86 valence electrons. The van der Waals surface area contributed by atoms with Gasteiger partial charge in [-0.1, -0.05) is 19.9 Å². The summed E-state index contributed by atoms with van der Waals surface area (Å²) in [6.45, 7) is 5.37. The molecular weight excluding hydrogens is 220 g/mol. The van der Waals surface area contributed by atoms with Crippen LogP contribution >= 0.6 is 12.6 Å². The van der Waals surface area contributed by atoms with Crippen LogP contribution in [0.1, 0.15) is 19.4 Å². The number of ether oxygens (including phenoxy) is 1. The molecule has 0 radical (unpaired) electrons. The van der Waals surface area contributed by atoms with Crippen molar-refractivity contribution in [1.29, 1.82) is 0 Å². The molecule has 16 heavy (non-hydrogen) atoms. The normalized spacial score (nSPS) is 18.9. The Bertz CT molecular complexity index is 413. The van der Waals surface area contributed by atoms with E-state index in [9.17, 15) is 0 Å². The molecule has 1 spiro atoms. The van der Waals surface area contributed by atoms with E-state index in [1.54, 1.807) is 6.34 Å². The Labute approximate surface area is 101 Å². The van der Waals surface area contributed by atoms with E-state index in [1.165, 1.54) is 5.56 Å². The van der Waals surface area contributed by atoms with Crippen LogP contribution in [-0.2, 0) is 10.3 Å². The lowest BCUT2D eigenvalue weighted by Gasteiger charge is -2.41. The van der Waals surface area contributed by atoms with Crippen LogP contribution in [0.2, 0.25) is 0 Å². The molecule has 0 atom stereocenters. The number of anilines is 1. The number of thiol groups is 1. The summed E-state index contributed by atoms with van der Waals surface area (Å²) in [7, 11) is 0. The zero-order chi connectivity index (χ0) is 11.6. The molecule has 1 aromatic carbocycles. The van der Waals surface area contributed by atoms with Crippen LogP contribution in [-0.4, -0.2) is 19.6 Å². The predicted octanol–water partition coefficient (Wildman–Crippen LogP) is 2.68. The van der Waals surface area contributed by atoms with Gasteiger partial charge in [0.2, 0.25) is 0 Å². The summed E-state index contributed by atoms with van der Waals surface area (Å²) in [5.74, 6) is 0. The predicted molar refractivity (Wildman–Crippen MR) is 69.7 cm³/mol. The maximum atomic E-state index is 5.24. The Morgan fingerprint density at radius 2 is 2.12 bits per heavy atom. The number of hydrogen-bond acceptors (Lipinski definition) is 4. The number of benzene rings is 1. The van der Waals surface area contributed by atoms with Crippen molar-refractivity contribution in [3.05, 3.63) is 23.8 Å². The van der Waals surface area contributed by atoms with E-state index < -0.39 is 0 Å². The van der Waals surface area contributed by atoms with Crippen LogP contribution in [0.3, 0.4) is 0 Å². The number of nitrogens with zero attached hydrogens (tertiary/aromatic N) is 1. The minimum atomic E-state index is -0.123. The molecule has 0 aromatic heterocycles. The smallest absolute Gasteiger partial charge is 0.136 e. The van der Waals surface area contributed by atoms with Crippen LogP contribution in [0.4, 0.5) is 5.69 Å². The molecule has 2 aliphatic rings. The van der Waals surface area contributed by atoms with E-state index >= 15 is 0 Å². The summed E-state index contributed by atoms with van der Waals surface area (Å²) in [5.41, 5.74) is 2.18. The molecule has 1 fully saturated rings. The number of aliphatic imine (C=N–C) groups is 1. The third-order valence-corrected chi connectivity index (χ3v) is 3.00. The van der Waals surface area contributed by atoms with Crippen molar-refractivity contribution < 1.29 is 4.74 Å². The highest BCUT2D eigenvalue weighted by atomic mass is 32.1. The fraction of sp³-hybridized carbons (Fsp3) is 0.417. The van der Waals surface area contributed by atoms with Crippen molar-refractivity contribution in [2.45, 2.75) is 24.3 Å². The van der Waals surface area contributed by atoms with Crippen molar-refractivity contribution in [1.82, 2.24) is 0 Å². The lowest BCUT2D eigenvalue weighted by Crippen LogP contribution is -2.47. The van der Waals surface area contributed by atoms with E-state index in [-0.39, 0.29) is 5.54 Å². The van der Waals surface area contributed by atoms with Crippen molar-refractivity contribution in [3.63, 3.8) is 0 Å². The Hall–Kier alpha value is -1.00. The summed E-state index contributed by atoms with van der Waals surface area (Å²) in [5, 5.41) is 3.13. The average Bonchev–Trinajstić information content (AvgIpc) is 2.28. The van der Waals surface area contributed by atoms with Gasteiger partial charge in [-0.05, 0) is 12.1 Å². The molecule has 3 rings (SSSR count). The molecule has 0 unspecified atom stereocenters. The maximum absolute atomic E-state index is 5.24. The molecule has 0 bridgehead atoms. The summed E-state index contributed by atoms with van der Waals surface area (Å²) in [6.07, 6.45) is 1.75. The molecule has 1 N–H and O–H groups in total. The van der Waals surface area contributed by atoms with Gasteiger partial charge in [0.15, 0.2) is 0 Å². The topological polar surface area (TPSA) is 33.6 Å². The highest BCUT2D eigenvalue weighted by molar-refractivity contribution is 7.80. The first-order valence-electron chi connectivity index (χ1n) is 5.52. The van der Waals surface area contributed by atoms with Gasteiger partial charge in [-0.25, -0.2) is 0 Å². The van der Waals surface area contributed by atoms with Gasteiger partial charge in [-0.3, -0.25) is 4.99 Å². The van der Waals surface area contributed by atoms with E-state index in [1.807, 2.05) is 26.0 Å². The second-order valence-electron chi connectivity index (χ2n) is 3.66. The minimum absolute atomic E-state index is 0.123. The molecule has 1 saturated heterocycles. The SMILES string of the molecule is CC.Sc1ccc2c(c1)NC=NC21COC1. The lowest BCUT2D eigenvalue weighted by molar-refractivity contribution is -0.0552. The molecule has 2 aliphatic heterocycles. The van der Waals surface area contributed by atoms with Crippen LogP contribution in [0, 0.1) is 0 Å². The maximum Gasteiger partial charge on any atom is 0.136 e. The number of hydrogen-bond donors (Lipinski definition) is 2. The van der Waals surface area contributed by atoms with E-state index in [2.05, 4.69) is 29.0 Å². The highest BCUT2D eigenvalue weighted by Gasteiger charge is 2.42. The van der Waals surface area contributed by atoms with Crippen molar-refractivity contribution >= 4 is 24.7 Å². The number of fused-ring (bicyclic) bond motifs is 2. The van der Waals surface area contributed by atoms with Crippen LogP contribution in [0.5, 0.6) is 0 Å². The van der Waals surface area contributed by atoms with Gasteiger partial charge in [0.1, 0.15) is 5.54 Å². The first-order valence-corrected chi connectivity index (χ1v) is 5.96. The van der Waals surface area contributed by atoms with Crippen LogP contribution in [0.25, 0.3) is 0 Å². The second kappa shape index (κ2) is 4.47. The Kier molecular flexibility index (Phi) is 3.21. The van der Waals surface area contributed by atoms with Crippen molar-refractivity contribution in [3.8, 4) is 0 Å². The Morgan fingerprint density at radius 3 is 2.75 bits per heavy atom. The fourth-order valence-corrected chi connectivity index (χ4v) is 2.08. The molecule has 4 heteroatoms. The molecule has 1 aromatic rings. The Balaban J connectivity index is 0.000000457. The number of nitrogens with one attached hydrogen (secondary N) is 1. The van der Waals surface area contributed by atoms with E-state index in [0.29, 0.717) is 13.2 Å². The summed E-state index contributed by atoms with van der Waals surface area (Å²) < 4.78 is 5.24. The first kappa shape index (κ1) is 11.5. The summed E-state index contributed by atoms with van der Waals surface area (Å²) in [4.78, 5) is 5.41. The van der Waals surface area contributed by atoms with Gasteiger partial charge in [0.25, 0.3) is 0 Å². The molecule has 3 nitrogen and oxygen atoms in total. The molecular formula is C12H16N2OS. The van der Waals surface area contributed by atoms with E-state index in [4.69, 9.17) is 4.74 Å². The summed E-state index contributed by atoms with van der Waals surface area (Å²) in [6, 6.07) is 6.08. The quantitative estimate of drug-likeness (QED) is 0.679. The zero-order valence-electron chi connectivity index (χ0n) is 9.53. The first-order chi connectivity index (χ1) is 7.80. The zero-order valence-corrected chi connectivity index (χ0v) is 10.4. The van der Waals surface area contributed by atoms with Crippen molar-refractivity contribution in [2.75, 3.05) is 18.5 Å². The monoisotopic (exact) mass is 236 g/mol. The third kappa shape index (κ3) is 1.72. The average molecular weight is 236 g/mol. The third-order valence-electron chi connectivity index (χ3n) is 2.72. The van der Waals surface area contributed by atoms with Crippen molar-refractivity contribution in [2.24, 2.45) is 4.99 Å². The molecule has 0 amide bonds. The minimum Gasteiger partial charge on any atom is -0.375 e. The van der Waals surface area contributed by atoms with Gasteiger partial charge < -0.3 is 10.1 Å². The van der Waals surface area contributed by atoms with Gasteiger partial charge in [0, 0.05) is 16.1 Å². The second-order valence-corrected chi connectivity index (χ2v) is 4.17. The highest BCUT2D eigenvalue weighted by Crippen LogP contribution is 2.40. The van der Waals surface area contributed by atoms with Gasteiger partial charge in [-0.15, -0.1) is 12.6 Å². The summed E-state index contributed by atoms with van der Waals surface area (Å²) >= 11 is 4.31. The lowest BCUT2D eigenvalue weighted by atomic mass is 9.86. The van der Waals surface area contributed by atoms with Crippen LogP contribution < -0.4 is 5.32 Å². The largest absolute Gasteiger partial charge is 0.375 e. The standard InChI is InChI=1S/C10H10N2OS.C2H6/c14-7-1-2-8-9(3-7)11-6-12-10(8)4-13-5-10;1-2/h1-3,6,14H,4-5H2,(H,11,12);1-2H3. The number of rotatable bonds is 0. The molecule has 2 heterocycles. The molecule has 0 aliphatic carbocycles. The van der Waals surface area contributed by atoms with Crippen LogP contribution in [0.15, 0.2) is 28.1 Å². The van der Waals surface area contributed by atoms with Gasteiger partial charge in [-0.2, -0.15) is 0 Å². The van der Waals surface area contributed by atoms with Gasteiger partial charge in [0.05, 0.1) is 19.6 Å². The van der Waals surface area contributed by atoms with E-state index in [0.717, 1.165) is 10.6 Å².